The second kappa shape index (κ2) is 8.06. The van der Waals surface area contributed by atoms with Gasteiger partial charge in [-0.05, 0) is 37.1 Å². The van der Waals surface area contributed by atoms with Crippen molar-refractivity contribution in [3.05, 3.63) is 35.9 Å². The molecule has 0 radical (unpaired) electrons. The van der Waals surface area contributed by atoms with Gasteiger partial charge >= 0.3 is 0 Å². The van der Waals surface area contributed by atoms with E-state index in [1.807, 2.05) is 6.07 Å². The van der Waals surface area contributed by atoms with Crippen LogP contribution in [0.4, 0.5) is 0 Å². The molecule has 1 aromatic rings. The molecule has 1 aliphatic rings. The van der Waals surface area contributed by atoms with Crippen molar-refractivity contribution >= 4 is 11.8 Å². The molecule has 0 aliphatic heterocycles. The fraction of sp³-hybridized carbons (Fsp3) is 0.647. The molecule has 1 saturated carbocycles. The van der Waals surface area contributed by atoms with Gasteiger partial charge in [-0.15, -0.1) is 0 Å². The van der Waals surface area contributed by atoms with Gasteiger partial charge in [0.15, 0.2) is 0 Å². The zero-order chi connectivity index (χ0) is 14.3. The van der Waals surface area contributed by atoms with E-state index in [0.717, 1.165) is 24.0 Å². The summed E-state index contributed by atoms with van der Waals surface area (Å²) in [5, 5.41) is 14.4. The average Bonchev–Trinajstić information content (AvgIpc) is 3.00. The number of hydrogen-bond acceptors (Lipinski definition) is 3. The quantitative estimate of drug-likeness (QED) is 0.769. The van der Waals surface area contributed by atoms with Crippen LogP contribution in [0.25, 0.3) is 0 Å². The van der Waals surface area contributed by atoms with E-state index < -0.39 is 0 Å². The molecule has 0 saturated heterocycles. The van der Waals surface area contributed by atoms with Gasteiger partial charge < -0.3 is 10.4 Å². The maximum Gasteiger partial charge on any atom is 0.0676 e. The number of aliphatic hydroxyl groups is 1. The number of aliphatic hydroxyl groups excluding tert-OH is 1. The van der Waals surface area contributed by atoms with Crippen LogP contribution >= 0.6 is 11.8 Å². The highest BCUT2D eigenvalue weighted by Crippen LogP contribution is 2.33. The minimum atomic E-state index is -0.276. The average molecular weight is 293 g/mol. The van der Waals surface area contributed by atoms with Crippen molar-refractivity contribution in [3.8, 4) is 0 Å². The highest BCUT2D eigenvalue weighted by atomic mass is 32.2. The van der Waals surface area contributed by atoms with Crippen LogP contribution in [0.3, 0.4) is 0 Å². The van der Waals surface area contributed by atoms with Crippen molar-refractivity contribution < 1.29 is 5.11 Å². The Labute approximate surface area is 127 Å². The summed E-state index contributed by atoms with van der Waals surface area (Å²) in [5.74, 6) is 1.12. The second-order valence-corrected chi connectivity index (χ2v) is 7.07. The highest BCUT2D eigenvalue weighted by Gasteiger charge is 2.30. The Hall–Kier alpha value is -0.510. The minimum absolute atomic E-state index is 0.163. The molecule has 1 aromatic carbocycles. The van der Waals surface area contributed by atoms with Crippen LogP contribution in [0.15, 0.2) is 30.3 Å². The maximum absolute atomic E-state index is 9.98. The lowest BCUT2D eigenvalue weighted by Crippen LogP contribution is -2.46. The van der Waals surface area contributed by atoms with Crippen LogP contribution in [0.2, 0.25) is 0 Å². The van der Waals surface area contributed by atoms with E-state index in [4.69, 9.17) is 0 Å². The third-order valence-corrected chi connectivity index (χ3v) is 5.68. The predicted octanol–water partition coefficient (Wildman–Crippen LogP) is 3.55. The van der Waals surface area contributed by atoms with Gasteiger partial charge in [-0.1, -0.05) is 50.1 Å². The van der Waals surface area contributed by atoms with Crippen molar-refractivity contribution in [2.75, 3.05) is 18.9 Å². The van der Waals surface area contributed by atoms with Crippen LogP contribution in [0.5, 0.6) is 0 Å². The summed E-state index contributed by atoms with van der Waals surface area (Å²) in [6, 6.07) is 10.4. The van der Waals surface area contributed by atoms with Crippen LogP contribution in [-0.2, 0) is 5.54 Å². The van der Waals surface area contributed by atoms with Crippen molar-refractivity contribution in [2.24, 2.45) is 0 Å². The molecule has 0 amide bonds. The van der Waals surface area contributed by atoms with Gasteiger partial charge in [-0.25, -0.2) is 0 Å². The van der Waals surface area contributed by atoms with Gasteiger partial charge in [0.1, 0.15) is 0 Å². The Bertz CT molecular complexity index is 378. The maximum atomic E-state index is 9.98. The van der Waals surface area contributed by atoms with E-state index in [-0.39, 0.29) is 12.1 Å². The van der Waals surface area contributed by atoms with Gasteiger partial charge in [-0.3, -0.25) is 0 Å². The Morgan fingerprint density at radius 3 is 2.55 bits per heavy atom. The molecule has 112 valence electrons. The highest BCUT2D eigenvalue weighted by molar-refractivity contribution is 7.99. The first kappa shape index (κ1) is 15.9. The molecule has 1 fully saturated rings. The second-order valence-electron chi connectivity index (χ2n) is 5.66. The van der Waals surface area contributed by atoms with Gasteiger partial charge in [-0.2, -0.15) is 11.8 Å². The Kier molecular flexibility index (Phi) is 6.40. The van der Waals surface area contributed by atoms with E-state index in [1.165, 1.54) is 31.2 Å². The zero-order valence-electron chi connectivity index (χ0n) is 12.5. The predicted molar refractivity (Wildman–Crippen MR) is 88.2 cm³/mol. The van der Waals surface area contributed by atoms with Crippen molar-refractivity contribution in [1.82, 2.24) is 5.32 Å². The largest absolute Gasteiger partial charge is 0.394 e. The van der Waals surface area contributed by atoms with E-state index in [0.29, 0.717) is 0 Å². The van der Waals surface area contributed by atoms with Crippen molar-refractivity contribution in [2.45, 2.75) is 49.8 Å². The van der Waals surface area contributed by atoms with Crippen molar-refractivity contribution in [3.63, 3.8) is 0 Å². The molecule has 3 heteroatoms. The number of thioether (sulfide) groups is 1. The van der Waals surface area contributed by atoms with Crippen LogP contribution < -0.4 is 5.32 Å². The van der Waals surface area contributed by atoms with E-state index in [9.17, 15) is 5.11 Å². The summed E-state index contributed by atoms with van der Waals surface area (Å²) in [5.41, 5.74) is 0.929. The Morgan fingerprint density at radius 1 is 1.25 bits per heavy atom. The number of rotatable bonds is 8. The molecule has 1 unspecified atom stereocenters. The number of hydrogen-bond donors (Lipinski definition) is 2. The Balaban J connectivity index is 1.98. The fourth-order valence-corrected chi connectivity index (χ4v) is 4.58. The van der Waals surface area contributed by atoms with Crippen LogP contribution in [0, 0.1) is 0 Å². The first-order valence-corrected chi connectivity index (χ1v) is 8.88. The molecule has 0 heterocycles. The van der Waals surface area contributed by atoms with Gasteiger partial charge in [0.2, 0.25) is 0 Å². The lowest BCUT2D eigenvalue weighted by atomic mass is 9.88. The van der Waals surface area contributed by atoms with Crippen LogP contribution in [-0.4, -0.2) is 29.3 Å². The summed E-state index contributed by atoms with van der Waals surface area (Å²) in [4.78, 5) is 0. The SMILES string of the molecule is CCNC(CO)(CCSC1CCCC1)c1ccccc1. The normalized spacial score (nSPS) is 19.1. The van der Waals surface area contributed by atoms with E-state index >= 15 is 0 Å². The molecule has 2 nitrogen and oxygen atoms in total. The third-order valence-electron chi connectivity index (χ3n) is 4.30. The van der Waals surface area contributed by atoms with Gasteiger partial charge in [0.25, 0.3) is 0 Å². The molecule has 2 N–H and O–H groups in total. The third kappa shape index (κ3) is 4.00. The summed E-state index contributed by atoms with van der Waals surface area (Å²) in [6.07, 6.45) is 6.54. The standard InChI is InChI=1S/C17H27NOS/c1-2-18-17(14-19,15-8-4-3-5-9-15)12-13-20-16-10-6-7-11-16/h3-5,8-9,16,18-19H,2,6-7,10-14H2,1H3. The minimum Gasteiger partial charge on any atom is -0.394 e. The molecule has 0 aromatic heterocycles. The fourth-order valence-electron chi connectivity index (χ4n) is 3.11. The van der Waals surface area contributed by atoms with E-state index in [1.54, 1.807) is 0 Å². The zero-order valence-corrected chi connectivity index (χ0v) is 13.3. The number of likely N-dealkylation sites (N-methyl/N-ethyl adjacent to an activating group) is 1. The molecular weight excluding hydrogens is 266 g/mol. The smallest absolute Gasteiger partial charge is 0.0676 e. The molecular formula is C17H27NOS. The Morgan fingerprint density at radius 2 is 1.95 bits per heavy atom. The van der Waals surface area contributed by atoms with E-state index in [2.05, 4.69) is 48.3 Å². The molecule has 0 spiro atoms. The summed E-state index contributed by atoms with van der Waals surface area (Å²) >= 11 is 2.10. The van der Waals surface area contributed by atoms with Gasteiger partial charge in [0, 0.05) is 5.25 Å². The monoisotopic (exact) mass is 293 g/mol. The number of benzene rings is 1. The summed E-state index contributed by atoms with van der Waals surface area (Å²) in [6.45, 7) is 3.15. The summed E-state index contributed by atoms with van der Waals surface area (Å²) in [7, 11) is 0. The molecule has 1 aliphatic carbocycles. The van der Waals surface area contributed by atoms with Crippen LogP contribution in [0.1, 0.15) is 44.6 Å². The lowest BCUT2D eigenvalue weighted by molar-refractivity contribution is 0.158. The van der Waals surface area contributed by atoms with Gasteiger partial charge in [0.05, 0.1) is 12.1 Å². The molecule has 2 rings (SSSR count). The first-order valence-electron chi connectivity index (χ1n) is 7.84. The topological polar surface area (TPSA) is 32.3 Å². The molecule has 1 atom stereocenters. The molecule has 0 bridgehead atoms. The molecule has 20 heavy (non-hydrogen) atoms. The summed E-state index contributed by atoms with van der Waals surface area (Å²) < 4.78 is 0. The first-order chi connectivity index (χ1) is 9.80. The number of nitrogens with one attached hydrogen (secondary N) is 1. The van der Waals surface area contributed by atoms with Crippen molar-refractivity contribution in [1.29, 1.82) is 0 Å². The lowest BCUT2D eigenvalue weighted by Gasteiger charge is -2.34.